The van der Waals surface area contributed by atoms with Crippen LogP contribution in [0.5, 0.6) is 11.5 Å². The number of amides is 1. The SMILES string of the molecule is CCc1c(OCc2ccc(Cl)cc2Cl)ccc2c(OOC(C)=O)c(C(N)=O)sc12. The highest BCUT2D eigenvalue weighted by molar-refractivity contribution is 7.21. The molecule has 152 valence electrons. The zero-order chi connectivity index (χ0) is 21.1. The number of fused-ring (bicyclic) bond motifs is 1. The molecule has 0 saturated carbocycles. The Balaban J connectivity index is 1.99. The predicted octanol–water partition coefficient (Wildman–Crippen LogP) is 5.31. The molecule has 0 bridgehead atoms. The summed E-state index contributed by atoms with van der Waals surface area (Å²) in [5.74, 6) is -0.557. The fourth-order valence-electron chi connectivity index (χ4n) is 2.79. The maximum absolute atomic E-state index is 11.9. The van der Waals surface area contributed by atoms with Gasteiger partial charge in [0, 0.05) is 38.2 Å². The van der Waals surface area contributed by atoms with E-state index in [0.717, 1.165) is 27.2 Å². The third-order valence-electron chi connectivity index (χ3n) is 4.09. The number of hydrogen-bond acceptors (Lipinski definition) is 6. The van der Waals surface area contributed by atoms with Crippen molar-refractivity contribution in [1.29, 1.82) is 0 Å². The number of carbonyl (C=O) groups excluding carboxylic acids is 2. The van der Waals surface area contributed by atoms with Crippen molar-refractivity contribution in [2.45, 2.75) is 26.9 Å². The first-order valence-electron chi connectivity index (χ1n) is 8.61. The Morgan fingerprint density at radius 1 is 1.17 bits per heavy atom. The third kappa shape index (κ3) is 4.58. The number of ether oxygens (including phenoxy) is 1. The fourth-order valence-corrected chi connectivity index (χ4v) is 4.43. The Morgan fingerprint density at radius 2 is 1.93 bits per heavy atom. The summed E-state index contributed by atoms with van der Waals surface area (Å²) in [6, 6.07) is 8.70. The molecular formula is C20H17Cl2NO5S. The molecule has 3 aromatic rings. The summed E-state index contributed by atoms with van der Waals surface area (Å²) in [7, 11) is 0. The van der Waals surface area contributed by atoms with Crippen LogP contribution in [0.25, 0.3) is 10.1 Å². The van der Waals surface area contributed by atoms with Gasteiger partial charge in [-0.05, 0) is 30.7 Å². The number of nitrogens with two attached hydrogens (primary N) is 1. The predicted molar refractivity (Wildman–Crippen MR) is 113 cm³/mol. The van der Waals surface area contributed by atoms with Crippen LogP contribution < -0.4 is 15.4 Å². The molecule has 2 aromatic carbocycles. The van der Waals surface area contributed by atoms with Gasteiger partial charge in [-0.25, -0.2) is 4.79 Å². The van der Waals surface area contributed by atoms with Crippen LogP contribution in [0.4, 0.5) is 0 Å². The lowest BCUT2D eigenvalue weighted by Gasteiger charge is -2.12. The van der Waals surface area contributed by atoms with Crippen molar-refractivity contribution in [1.82, 2.24) is 0 Å². The fraction of sp³-hybridized carbons (Fsp3) is 0.200. The first-order valence-corrected chi connectivity index (χ1v) is 10.2. The van der Waals surface area contributed by atoms with Crippen LogP contribution in [0.2, 0.25) is 10.0 Å². The van der Waals surface area contributed by atoms with Crippen molar-refractivity contribution in [2.24, 2.45) is 5.73 Å². The van der Waals surface area contributed by atoms with Gasteiger partial charge < -0.3 is 10.5 Å². The van der Waals surface area contributed by atoms with E-state index >= 15 is 0 Å². The van der Waals surface area contributed by atoms with E-state index < -0.39 is 11.9 Å². The van der Waals surface area contributed by atoms with Gasteiger partial charge in [-0.2, -0.15) is 0 Å². The summed E-state index contributed by atoms with van der Waals surface area (Å²) in [4.78, 5) is 32.8. The zero-order valence-electron chi connectivity index (χ0n) is 15.6. The zero-order valence-corrected chi connectivity index (χ0v) is 17.9. The largest absolute Gasteiger partial charge is 0.489 e. The van der Waals surface area contributed by atoms with Crippen LogP contribution >= 0.6 is 34.5 Å². The first-order chi connectivity index (χ1) is 13.8. The monoisotopic (exact) mass is 453 g/mol. The second-order valence-corrected chi connectivity index (χ2v) is 7.94. The molecule has 29 heavy (non-hydrogen) atoms. The highest BCUT2D eigenvalue weighted by Gasteiger charge is 2.23. The Morgan fingerprint density at radius 3 is 2.55 bits per heavy atom. The second-order valence-electron chi connectivity index (χ2n) is 6.08. The van der Waals surface area contributed by atoms with E-state index in [9.17, 15) is 9.59 Å². The van der Waals surface area contributed by atoms with Crippen LogP contribution in [0, 0.1) is 0 Å². The van der Waals surface area contributed by atoms with Crippen LogP contribution in [-0.4, -0.2) is 11.9 Å². The number of benzene rings is 2. The maximum Gasteiger partial charge on any atom is 0.352 e. The Hall–Kier alpha value is -2.48. The number of halogens is 2. The number of rotatable bonds is 7. The van der Waals surface area contributed by atoms with Gasteiger partial charge in [0.25, 0.3) is 5.91 Å². The molecule has 0 aliphatic rings. The van der Waals surface area contributed by atoms with Gasteiger partial charge in [0.2, 0.25) is 5.75 Å². The summed E-state index contributed by atoms with van der Waals surface area (Å²) in [5, 5.41) is 1.67. The van der Waals surface area contributed by atoms with E-state index in [1.54, 1.807) is 30.3 Å². The van der Waals surface area contributed by atoms with Gasteiger partial charge in [-0.15, -0.1) is 11.3 Å². The molecule has 0 unspecified atom stereocenters. The lowest BCUT2D eigenvalue weighted by molar-refractivity contribution is -0.210. The van der Waals surface area contributed by atoms with E-state index in [0.29, 0.717) is 27.6 Å². The molecule has 1 aromatic heterocycles. The molecule has 1 amide bonds. The molecule has 0 radical (unpaired) electrons. The third-order valence-corrected chi connectivity index (χ3v) is 5.94. The van der Waals surface area contributed by atoms with E-state index in [2.05, 4.69) is 4.89 Å². The maximum atomic E-state index is 11.9. The van der Waals surface area contributed by atoms with Gasteiger partial charge in [0.1, 0.15) is 17.2 Å². The van der Waals surface area contributed by atoms with E-state index in [4.69, 9.17) is 38.6 Å². The van der Waals surface area contributed by atoms with Gasteiger partial charge in [-0.1, -0.05) is 36.2 Å². The molecule has 0 saturated heterocycles. The van der Waals surface area contributed by atoms with E-state index in [-0.39, 0.29) is 17.2 Å². The molecule has 0 atom stereocenters. The minimum absolute atomic E-state index is 0.120. The number of aryl methyl sites for hydroxylation is 1. The molecule has 0 aliphatic heterocycles. The lowest BCUT2D eigenvalue weighted by Crippen LogP contribution is -2.11. The standard InChI is InChI=1S/C20H17Cl2NO5S/c1-3-13-16(26-9-11-4-5-12(21)8-15(11)22)7-6-14-17(28-27-10(2)24)19(20(23)25)29-18(13)14/h4-8H,3,9H2,1-2H3,(H2,23,25). The number of carbonyl (C=O) groups is 2. The average molecular weight is 454 g/mol. The Labute approximate surface area is 181 Å². The number of primary amides is 1. The molecule has 0 aliphatic carbocycles. The van der Waals surface area contributed by atoms with Gasteiger partial charge in [-0.3, -0.25) is 14.6 Å². The number of hydrogen-bond donors (Lipinski definition) is 1. The van der Waals surface area contributed by atoms with Crippen molar-refractivity contribution in [3.05, 3.63) is 56.4 Å². The smallest absolute Gasteiger partial charge is 0.352 e. The van der Waals surface area contributed by atoms with Crippen LogP contribution in [0.1, 0.15) is 34.6 Å². The van der Waals surface area contributed by atoms with Crippen LogP contribution in [0.3, 0.4) is 0 Å². The average Bonchev–Trinajstić information content (AvgIpc) is 3.04. The summed E-state index contributed by atoms with van der Waals surface area (Å²) >= 11 is 13.3. The van der Waals surface area contributed by atoms with Crippen molar-refractivity contribution < 1.29 is 24.1 Å². The summed E-state index contributed by atoms with van der Waals surface area (Å²) in [6.45, 7) is 3.41. The van der Waals surface area contributed by atoms with Gasteiger partial charge in [0.05, 0.1) is 0 Å². The molecule has 9 heteroatoms. The lowest BCUT2D eigenvalue weighted by atomic mass is 10.1. The second kappa shape index (κ2) is 8.90. The minimum atomic E-state index is -0.675. The molecule has 6 nitrogen and oxygen atoms in total. The molecule has 0 fully saturated rings. The molecule has 3 rings (SSSR count). The highest BCUT2D eigenvalue weighted by atomic mass is 35.5. The Bertz CT molecular complexity index is 1100. The topological polar surface area (TPSA) is 87.8 Å². The molecule has 2 N–H and O–H groups in total. The first kappa shape index (κ1) is 21.2. The normalized spacial score (nSPS) is 10.8. The Kier molecular flexibility index (Phi) is 6.52. The van der Waals surface area contributed by atoms with Gasteiger partial charge in [0.15, 0.2) is 0 Å². The number of thiophene rings is 1. The van der Waals surface area contributed by atoms with Crippen LogP contribution in [-0.2, 0) is 22.7 Å². The van der Waals surface area contributed by atoms with E-state index in [1.165, 1.54) is 6.92 Å². The van der Waals surface area contributed by atoms with E-state index in [1.807, 2.05) is 6.92 Å². The molecule has 1 heterocycles. The molecule has 0 spiro atoms. The minimum Gasteiger partial charge on any atom is -0.489 e. The summed E-state index contributed by atoms with van der Waals surface area (Å²) in [6.07, 6.45) is 0.632. The van der Waals surface area contributed by atoms with Crippen molar-refractivity contribution in [3.63, 3.8) is 0 Å². The summed E-state index contributed by atoms with van der Waals surface area (Å²) in [5.41, 5.74) is 7.14. The van der Waals surface area contributed by atoms with Gasteiger partial charge >= 0.3 is 5.97 Å². The highest BCUT2D eigenvalue weighted by Crippen LogP contribution is 2.43. The quantitative estimate of drug-likeness (QED) is 0.386. The van der Waals surface area contributed by atoms with Crippen molar-refractivity contribution in [3.8, 4) is 11.5 Å². The summed E-state index contributed by atoms with van der Waals surface area (Å²) < 4.78 is 6.75. The van der Waals surface area contributed by atoms with Crippen LogP contribution in [0.15, 0.2) is 30.3 Å². The van der Waals surface area contributed by atoms with Crippen molar-refractivity contribution >= 4 is 56.5 Å². The molecular weight excluding hydrogens is 437 g/mol. The van der Waals surface area contributed by atoms with Crippen molar-refractivity contribution in [2.75, 3.05) is 0 Å².